The molecule has 5 rings (SSSR count). The molecule has 2 aromatic carbocycles. The van der Waals surface area contributed by atoms with Crippen molar-refractivity contribution in [2.24, 2.45) is 19.2 Å². The number of nitriles is 1. The van der Waals surface area contributed by atoms with Crippen molar-refractivity contribution in [1.82, 2.24) is 28.7 Å². The Kier molecular flexibility index (Phi) is 7.58. The minimum atomic E-state index is -3.94. The highest BCUT2D eigenvalue weighted by atomic mass is 32.2. The van der Waals surface area contributed by atoms with Crippen LogP contribution in [0.1, 0.15) is 5.56 Å². The standard InChI is InChI=1S/C26H21N9O6S2/c1-33-21-20(23(38)34(2)26(33)39)35(13-18(36)29-15-8-10-16(11-9-15)43(28,40)41)25(31-21)42-24-30-19(14-6-4-3-5-7-14)17(12-27)22(37)32-24/h3-11H,13H2,1-2H3,(H,29,36)(H2,28,40,41)(H,30,32,37). The van der Waals surface area contributed by atoms with E-state index < -0.39 is 39.3 Å². The number of rotatable bonds is 7. The monoisotopic (exact) mass is 619 g/mol. The van der Waals surface area contributed by atoms with Gasteiger partial charge < -0.3 is 9.88 Å². The number of sulfonamides is 1. The number of aromatic amines is 1. The number of carbonyl (C=O) groups is 1. The predicted octanol–water partition coefficient (Wildman–Crippen LogP) is 0.493. The zero-order valence-corrected chi connectivity index (χ0v) is 24.1. The Morgan fingerprint density at radius 1 is 1.05 bits per heavy atom. The van der Waals surface area contributed by atoms with Crippen LogP contribution in [0, 0.1) is 11.3 Å². The Morgan fingerprint density at radius 2 is 1.72 bits per heavy atom. The van der Waals surface area contributed by atoms with Gasteiger partial charge in [-0.3, -0.25) is 28.5 Å². The lowest BCUT2D eigenvalue weighted by Gasteiger charge is -2.11. The molecule has 4 N–H and O–H groups in total. The maximum Gasteiger partial charge on any atom is 0.332 e. The number of benzene rings is 2. The van der Waals surface area contributed by atoms with E-state index >= 15 is 0 Å². The number of fused-ring (bicyclic) bond motifs is 1. The molecular formula is C26H21N9O6S2. The summed E-state index contributed by atoms with van der Waals surface area (Å²) in [7, 11) is -1.24. The van der Waals surface area contributed by atoms with Gasteiger partial charge in [0.25, 0.3) is 11.1 Å². The molecule has 0 saturated carbocycles. The third-order valence-electron chi connectivity index (χ3n) is 6.33. The van der Waals surface area contributed by atoms with E-state index in [0.29, 0.717) is 5.56 Å². The highest BCUT2D eigenvalue weighted by molar-refractivity contribution is 7.99. The lowest BCUT2D eigenvalue weighted by molar-refractivity contribution is -0.116. The second kappa shape index (κ2) is 11.2. The zero-order chi connectivity index (χ0) is 31.1. The molecule has 0 aliphatic heterocycles. The van der Waals surface area contributed by atoms with Gasteiger partial charge >= 0.3 is 5.69 Å². The van der Waals surface area contributed by atoms with Gasteiger partial charge in [-0.2, -0.15) is 5.26 Å². The Morgan fingerprint density at radius 3 is 2.35 bits per heavy atom. The number of nitrogens with two attached hydrogens (primary N) is 1. The third-order valence-corrected chi connectivity index (χ3v) is 8.14. The Bertz CT molecular complexity index is 2250. The van der Waals surface area contributed by atoms with E-state index in [-0.39, 0.29) is 43.3 Å². The second-order valence-electron chi connectivity index (χ2n) is 9.15. The second-order valence-corrected chi connectivity index (χ2v) is 11.7. The molecular weight excluding hydrogens is 598 g/mol. The van der Waals surface area contributed by atoms with Gasteiger partial charge in [-0.05, 0) is 36.0 Å². The Balaban J connectivity index is 1.59. The number of aryl methyl sites for hydroxylation is 1. The summed E-state index contributed by atoms with van der Waals surface area (Å²) >= 11 is 0.816. The fourth-order valence-electron chi connectivity index (χ4n) is 4.22. The molecule has 0 unspecified atom stereocenters. The number of nitrogens with one attached hydrogen (secondary N) is 2. The first-order valence-corrected chi connectivity index (χ1v) is 14.6. The number of hydrogen-bond acceptors (Lipinski definition) is 10. The summed E-state index contributed by atoms with van der Waals surface area (Å²) in [6.07, 6.45) is 0. The average Bonchev–Trinajstić information content (AvgIpc) is 3.32. The van der Waals surface area contributed by atoms with Gasteiger partial charge in [-0.25, -0.2) is 28.3 Å². The van der Waals surface area contributed by atoms with E-state index in [0.717, 1.165) is 20.9 Å². The third kappa shape index (κ3) is 5.61. The molecule has 5 aromatic rings. The number of aromatic nitrogens is 6. The maximum atomic E-state index is 13.2. The molecule has 0 bridgehead atoms. The van der Waals surface area contributed by atoms with Crippen molar-refractivity contribution < 1.29 is 13.2 Å². The minimum absolute atomic E-state index is 0.0137. The van der Waals surface area contributed by atoms with Crippen molar-refractivity contribution in [2.45, 2.75) is 21.8 Å². The SMILES string of the molecule is Cn1c(=O)c2c(nc(Sc3nc(-c4ccccc4)c(C#N)c(=O)[nH]3)n2CC(=O)Nc2ccc(S(N)(=O)=O)cc2)n(C)c1=O. The molecule has 0 radical (unpaired) electrons. The molecule has 3 heterocycles. The molecule has 0 fully saturated rings. The van der Waals surface area contributed by atoms with Crippen molar-refractivity contribution >= 4 is 44.5 Å². The van der Waals surface area contributed by atoms with Crippen LogP contribution in [-0.4, -0.2) is 43.0 Å². The van der Waals surface area contributed by atoms with Crippen LogP contribution < -0.4 is 27.3 Å². The minimum Gasteiger partial charge on any atom is -0.325 e. The van der Waals surface area contributed by atoms with Crippen molar-refractivity contribution in [3.05, 3.63) is 91.4 Å². The molecule has 43 heavy (non-hydrogen) atoms. The Labute approximate surface area is 246 Å². The van der Waals surface area contributed by atoms with Crippen molar-refractivity contribution in [3.63, 3.8) is 0 Å². The number of nitrogens with zero attached hydrogens (tertiary/aromatic N) is 6. The first-order valence-electron chi connectivity index (χ1n) is 12.3. The zero-order valence-electron chi connectivity index (χ0n) is 22.4. The number of carbonyl (C=O) groups excluding carboxylic acids is 1. The summed E-state index contributed by atoms with van der Waals surface area (Å²) in [5, 5.41) is 17.4. The smallest absolute Gasteiger partial charge is 0.325 e. The predicted molar refractivity (Wildman–Crippen MR) is 156 cm³/mol. The van der Waals surface area contributed by atoms with Crippen LogP contribution >= 0.6 is 11.8 Å². The van der Waals surface area contributed by atoms with E-state index in [1.807, 2.05) is 6.07 Å². The lowest BCUT2D eigenvalue weighted by Crippen LogP contribution is -2.37. The van der Waals surface area contributed by atoms with E-state index in [1.165, 1.54) is 42.9 Å². The number of imidazole rings is 1. The van der Waals surface area contributed by atoms with Crippen LogP contribution in [0.15, 0.2) is 84.2 Å². The maximum absolute atomic E-state index is 13.2. The van der Waals surface area contributed by atoms with Gasteiger partial charge in [0.15, 0.2) is 21.5 Å². The quantitative estimate of drug-likeness (QED) is 0.214. The van der Waals surface area contributed by atoms with Gasteiger partial charge in [0.05, 0.1) is 10.6 Å². The van der Waals surface area contributed by atoms with Crippen LogP contribution in [0.5, 0.6) is 0 Å². The summed E-state index contributed by atoms with van der Waals surface area (Å²) < 4.78 is 26.4. The largest absolute Gasteiger partial charge is 0.332 e. The van der Waals surface area contributed by atoms with Crippen LogP contribution in [0.4, 0.5) is 5.69 Å². The molecule has 0 aliphatic carbocycles. The molecule has 17 heteroatoms. The van der Waals surface area contributed by atoms with Crippen LogP contribution in [0.2, 0.25) is 0 Å². The molecule has 15 nitrogen and oxygen atoms in total. The van der Waals surface area contributed by atoms with Gasteiger partial charge in [-0.15, -0.1) is 0 Å². The molecule has 0 atom stereocenters. The molecule has 0 saturated heterocycles. The van der Waals surface area contributed by atoms with Gasteiger partial charge in [0, 0.05) is 25.3 Å². The lowest BCUT2D eigenvalue weighted by atomic mass is 10.1. The normalized spacial score (nSPS) is 11.4. The van der Waals surface area contributed by atoms with Gasteiger partial charge in [0.2, 0.25) is 15.9 Å². The number of primary sulfonamides is 1. The summed E-state index contributed by atoms with van der Waals surface area (Å²) in [6.45, 7) is -0.463. The van der Waals surface area contributed by atoms with Crippen molar-refractivity contribution in [3.8, 4) is 17.3 Å². The van der Waals surface area contributed by atoms with Crippen LogP contribution in [0.3, 0.4) is 0 Å². The molecule has 0 spiro atoms. The summed E-state index contributed by atoms with van der Waals surface area (Å²) in [4.78, 5) is 63.0. The summed E-state index contributed by atoms with van der Waals surface area (Å²) in [6, 6.07) is 15.6. The first kappa shape index (κ1) is 29.2. The number of hydrogen-bond donors (Lipinski definition) is 3. The molecule has 1 amide bonds. The number of anilines is 1. The summed E-state index contributed by atoms with van der Waals surface area (Å²) in [5.74, 6) is -0.619. The van der Waals surface area contributed by atoms with Gasteiger partial charge in [0.1, 0.15) is 18.2 Å². The van der Waals surface area contributed by atoms with E-state index in [4.69, 9.17) is 5.14 Å². The topological polar surface area (TPSA) is 221 Å². The van der Waals surface area contributed by atoms with Crippen molar-refractivity contribution in [2.75, 3.05) is 5.32 Å². The first-order chi connectivity index (χ1) is 20.4. The summed E-state index contributed by atoms with van der Waals surface area (Å²) in [5.41, 5.74) is -1.44. The van der Waals surface area contributed by atoms with Crippen LogP contribution in [-0.2, 0) is 35.5 Å². The number of H-pyrrole nitrogens is 1. The highest BCUT2D eigenvalue weighted by Crippen LogP contribution is 2.28. The molecule has 3 aromatic heterocycles. The Hall–Kier alpha value is -5.31. The van der Waals surface area contributed by atoms with E-state index in [9.17, 15) is 32.9 Å². The van der Waals surface area contributed by atoms with Gasteiger partial charge in [-0.1, -0.05) is 30.3 Å². The van der Waals surface area contributed by atoms with Crippen molar-refractivity contribution in [1.29, 1.82) is 5.26 Å². The molecule has 0 aliphatic rings. The average molecular weight is 620 g/mol. The van der Waals surface area contributed by atoms with E-state index in [1.54, 1.807) is 30.3 Å². The fraction of sp³-hybridized carbons (Fsp3) is 0.115. The van der Waals surface area contributed by atoms with E-state index in [2.05, 4.69) is 20.3 Å². The van der Waals surface area contributed by atoms with Crippen LogP contribution in [0.25, 0.3) is 22.4 Å². The fourth-order valence-corrected chi connectivity index (χ4v) is 5.59. The number of amides is 1. The highest BCUT2D eigenvalue weighted by Gasteiger charge is 2.23. The molecule has 218 valence electrons.